The van der Waals surface area contributed by atoms with Crippen molar-refractivity contribution in [3.05, 3.63) is 90.5 Å². The van der Waals surface area contributed by atoms with Gasteiger partial charge >= 0.3 is 5.97 Å². The number of hydrogen-bond acceptors (Lipinski definition) is 3. The van der Waals surface area contributed by atoms with Crippen LogP contribution < -0.4 is 4.90 Å². The van der Waals surface area contributed by atoms with Gasteiger partial charge in [-0.15, -0.1) is 0 Å². The third-order valence-corrected chi connectivity index (χ3v) is 4.37. The Hall–Kier alpha value is -3.07. The molecule has 0 spiro atoms. The molecule has 0 fully saturated rings. The molecular weight excluding hydrogens is 322 g/mol. The lowest BCUT2D eigenvalue weighted by molar-refractivity contribution is 0.0336. The van der Waals surface area contributed by atoms with Gasteiger partial charge in [-0.2, -0.15) is 0 Å². The van der Waals surface area contributed by atoms with Crippen LogP contribution in [0.25, 0.3) is 11.1 Å². The maximum atomic E-state index is 12.5. The zero-order chi connectivity index (χ0) is 18.4. The van der Waals surface area contributed by atoms with Gasteiger partial charge in [0.25, 0.3) is 0 Å². The fourth-order valence-corrected chi connectivity index (χ4v) is 2.99. The van der Waals surface area contributed by atoms with Crippen LogP contribution in [0.2, 0.25) is 0 Å². The van der Waals surface area contributed by atoms with Crippen LogP contribution in [-0.4, -0.2) is 18.7 Å². The highest BCUT2D eigenvalue weighted by molar-refractivity contribution is 5.90. The average Bonchev–Trinajstić information content (AvgIpc) is 2.70. The van der Waals surface area contributed by atoms with Crippen LogP contribution in [-0.2, 0) is 4.74 Å². The summed E-state index contributed by atoms with van der Waals surface area (Å²) in [5.74, 6) is -0.313. The first-order chi connectivity index (χ1) is 12.7. The molecule has 0 bridgehead atoms. The van der Waals surface area contributed by atoms with Gasteiger partial charge in [0.2, 0.25) is 0 Å². The normalized spacial score (nSPS) is 11.6. The maximum Gasteiger partial charge on any atom is 0.340 e. The van der Waals surface area contributed by atoms with Crippen molar-refractivity contribution in [2.75, 3.05) is 11.4 Å². The van der Waals surface area contributed by atoms with Crippen molar-refractivity contribution in [1.29, 1.82) is 0 Å². The molecular formula is C23H23NO2. The van der Waals surface area contributed by atoms with Crippen LogP contribution in [0.4, 0.5) is 5.69 Å². The molecule has 132 valence electrons. The fourth-order valence-electron chi connectivity index (χ4n) is 2.99. The summed E-state index contributed by atoms with van der Waals surface area (Å²) < 4.78 is 5.68. The zero-order valence-corrected chi connectivity index (χ0v) is 15.1. The van der Waals surface area contributed by atoms with Crippen LogP contribution in [0.1, 0.15) is 24.2 Å². The van der Waals surface area contributed by atoms with E-state index >= 15 is 0 Å². The van der Waals surface area contributed by atoms with E-state index < -0.39 is 0 Å². The van der Waals surface area contributed by atoms with E-state index in [0.717, 1.165) is 23.4 Å². The molecule has 0 N–H and O–H groups in total. The lowest BCUT2D eigenvalue weighted by Gasteiger charge is -2.29. The molecule has 0 aliphatic carbocycles. The van der Waals surface area contributed by atoms with Gasteiger partial charge in [-0.25, -0.2) is 4.79 Å². The van der Waals surface area contributed by atoms with E-state index in [1.165, 1.54) is 0 Å². The Morgan fingerprint density at radius 2 is 1.38 bits per heavy atom. The number of carbonyl (C=O) groups excluding carboxylic acids is 1. The number of benzene rings is 3. The van der Waals surface area contributed by atoms with Crippen LogP contribution in [0.5, 0.6) is 0 Å². The van der Waals surface area contributed by atoms with Crippen molar-refractivity contribution in [1.82, 2.24) is 0 Å². The van der Waals surface area contributed by atoms with Gasteiger partial charge in [0.1, 0.15) is 0 Å². The molecule has 0 amide bonds. The first-order valence-corrected chi connectivity index (χ1v) is 8.87. The van der Waals surface area contributed by atoms with Crippen LogP contribution in [0.15, 0.2) is 84.9 Å². The van der Waals surface area contributed by atoms with Crippen LogP contribution in [0.3, 0.4) is 0 Å². The monoisotopic (exact) mass is 345 g/mol. The second-order valence-electron chi connectivity index (χ2n) is 6.07. The molecule has 3 aromatic rings. The molecule has 3 aromatic carbocycles. The molecule has 0 aromatic heterocycles. The Morgan fingerprint density at radius 3 is 1.96 bits per heavy atom. The Kier molecular flexibility index (Phi) is 5.69. The largest absolute Gasteiger partial charge is 0.438 e. The minimum absolute atomic E-state index is 0.313. The van der Waals surface area contributed by atoms with Gasteiger partial charge in [-0.1, -0.05) is 60.7 Å². The predicted octanol–water partition coefficient (Wildman–Crippen LogP) is 5.38. The van der Waals surface area contributed by atoms with Crippen LogP contribution >= 0.6 is 0 Å². The molecule has 26 heavy (non-hydrogen) atoms. The highest BCUT2D eigenvalue weighted by atomic mass is 16.6. The number of rotatable bonds is 6. The number of ether oxygens (including phenoxy) is 1. The van der Waals surface area contributed by atoms with Crippen molar-refractivity contribution in [3.63, 3.8) is 0 Å². The number of esters is 1. The number of para-hydroxylation sites is 1. The fraction of sp³-hybridized carbons (Fsp3) is 0.174. The van der Waals surface area contributed by atoms with E-state index in [9.17, 15) is 4.79 Å². The molecule has 0 saturated carbocycles. The molecule has 0 heterocycles. The summed E-state index contributed by atoms with van der Waals surface area (Å²) in [6, 6.07) is 27.6. The minimum atomic E-state index is -0.344. The van der Waals surface area contributed by atoms with Crippen LogP contribution in [0, 0.1) is 0 Å². The lowest BCUT2D eigenvalue weighted by atomic mass is 10.0. The topological polar surface area (TPSA) is 29.5 Å². The van der Waals surface area contributed by atoms with Crippen molar-refractivity contribution in [3.8, 4) is 11.1 Å². The van der Waals surface area contributed by atoms with Gasteiger partial charge in [-0.3, -0.25) is 0 Å². The highest BCUT2D eigenvalue weighted by Gasteiger charge is 2.18. The molecule has 0 saturated heterocycles. The zero-order valence-electron chi connectivity index (χ0n) is 15.1. The Balaban J connectivity index is 1.69. The number of nitrogens with zero attached hydrogens (tertiary/aromatic N) is 1. The second kappa shape index (κ2) is 8.34. The summed E-state index contributed by atoms with van der Waals surface area (Å²) >= 11 is 0. The average molecular weight is 345 g/mol. The highest BCUT2D eigenvalue weighted by Crippen LogP contribution is 2.21. The Bertz CT molecular complexity index is 829. The van der Waals surface area contributed by atoms with Gasteiger partial charge in [0, 0.05) is 12.2 Å². The smallest absolute Gasteiger partial charge is 0.340 e. The van der Waals surface area contributed by atoms with Gasteiger partial charge in [0.05, 0.1) is 5.56 Å². The van der Waals surface area contributed by atoms with E-state index in [2.05, 4.69) is 4.90 Å². The van der Waals surface area contributed by atoms with E-state index in [-0.39, 0.29) is 12.2 Å². The first kappa shape index (κ1) is 17.7. The first-order valence-electron chi connectivity index (χ1n) is 8.87. The molecule has 1 unspecified atom stereocenters. The third-order valence-electron chi connectivity index (χ3n) is 4.37. The predicted molar refractivity (Wildman–Crippen MR) is 106 cm³/mol. The summed E-state index contributed by atoms with van der Waals surface area (Å²) in [6.07, 6.45) is -0.344. The standard InChI is InChI=1S/C23H23NO2/c1-3-24(22-12-8-5-9-13-22)18(2)26-23(25)21-16-14-20(15-17-21)19-10-6-4-7-11-19/h4-18H,3H2,1-2H3. The summed E-state index contributed by atoms with van der Waals surface area (Å²) in [5, 5.41) is 0. The van der Waals surface area contributed by atoms with Gasteiger partial charge < -0.3 is 9.64 Å². The van der Waals surface area contributed by atoms with Crippen molar-refractivity contribution >= 4 is 11.7 Å². The SMILES string of the molecule is CCN(c1ccccc1)C(C)OC(=O)c1ccc(-c2ccccc2)cc1. The number of hydrogen-bond donors (Lipinski definition) is 0. The quantitative estimate of drug-likeness (QED) is 0.443. The third kappa shape index (κ3) is 4.12. The lowest BCUT2D eigenvalue weighted by Crippen LogP contribution is -2.36. The molecule has 3 nitrogen and oxygen atoms in total. The second-order valence-corrected chi connectivity index (χ2v) is 6.07. The number of anilines is 1. The van der Waals surface area contributed by atoms with E-state index in [4.69, 9.17) is 4.74 Å². The van der Waals surface area contributed by atoms with Crippen molar-refractivity contribution in [2.45, 2.75) is 20.1 Å². The van der Waals surface area contributed by atoms with Gasteiger partial charge in [0.15, 0.2) is 6.23 Å². The summed E-state index contributed by atoms with van der Waals surface area (Å²) in [6.45, 7) is 4.70. The van der Waals surface area contributed by atoms with Crippen molar-refractivity contribution in [2.24, 2.45) is 0 Å². The minimum Gasteiger partial charge on any atom is -0.438 e. The van der Waals surface area contributed by atoms with Crippen molar-refractivity contribution < 1.29 is 9.53 Å². The Labute approximate surface area is 154 Å². The van der Waals surface area contributed by atoms with Gasteiger partial charge in [-0.05, 0) is 49.2 Å². The maximum absolute atomic E-state index is 12.5. The summed E-state index contributed by atoms with van der Waals surface area (Å²) in [5.41, 5.74) is 3.80. The van der Waals surface area contributed by atoms with E-state index in [0.29, 0.717) is 5.56 Å². The summed E-state index contributed by atoms with van der Waals surface area (Å²) in [7, 11) is 0. The molecule has 0 aliphatic heterocycles. The Morgan fingerprint density at radius 1 is 0.846 bits per heavy atom. The van der Waals surface area contributed by atoms with E-state index in [1.807, 2.05) is 98.8 Å². The molecule has 0 radical (unpaired) electrons. The molecule has 3 heteroatoms. The molecule has 0 aliphatic rings. The molecule has 3 rings (SSSR count). The molecule has 1 atom stereocenters. The number of carbonyl (C=O) groups is 1. The van der Waals surface area contributed by atoms with E-state index in [1.54, 1.807) is 0 Å². The summed E-state index contributed by atoms with van der Waals surface area (Å²) in [4.78, 5) is 14.6.